The predicted octanol–water partition coefficient (Wildman–Crippen LogP) is 4.46. The Hall–Kier alpha value is -3.38. The highest BCUT2D eigenvalue weighted by atomic mass is 35.5. The number of imidazole rings is 1. The van der Waals surface area contributed by atoms with E-state index in [9.17, 15) is 4.79 Å². The van der Waals surface area contributed by atoms with Crippen LogP contribution in [0.5, 0.6) is 5.75 Å². The maximum absolute atomic E-state index is 11.9. The molecule has 0 bridgehead atoms. The molecule has 0 fully saturated rings. The van der Waals surface area contributed by atoms with Gasteiger partial charge in [-0.15, -0.1) is 12.4 Å². The lowest BCUT2D eigenvalue weighted by molar-refractivity contribution is 0.0951. The Morgan fingerprint density at radius 2 is 1.90 bits per heavy atom. The van der Waals surface area contributed by atoms with Gasteiger partial charge in [0.15, 0.2) is 11.4 Å². The van der Waals surface area contributed by atoms with Crippen molar-refractivity contribution in [2.24, 2.45) is 0 Å². The van der Waals surface area contributed by atoms with Gasteiger partial charge in [-0.25, -0.2) is 4.98 Å². The zero-order valence-electron chi connectivity index (χ0n) is 16.8. The summed E-state index contributed by atoms with van der Waals surface area (Å²) in [7, 11) is 0. The van der Waals surface area contributed by atoms with E-state index in [0.717, 1.165) is 33.9 Å². The highest BCUT2D eigenvalue weighted by Gasteiger charge is 2.15. The van der Waals surface area contributed by atoms with Gasteiger partial charge in [0.05, 0.1) is 11.4 Å². The number of aromatic nitrogens is 3. The van der Waals surface area contributed by atoms with Crippen molar-refractivity contribution in [3.63, 3.8) is 0 Å². The third kappa shape index (κ3) is 4.28. The molecule has 0 aliphatic carbocycles. The molecule has 4 rings (SSSR count). The number of aryl methyl sites for hydroxylation is 1. The molecular weight excluding hydrogens is 400 g/mol. The van der Waals surface area contributed by atoms with Crippen LogP contribution in [0.25, 0.3) is 16.9 Å². The number of nitrogens with zero attached hydrogens (tertiary/aromatic N) is 3. The molecule has 30 heavy (non-hydrogen) atoms. The maximum atomic E-state index is 11.9. The third-order valence-electron chi connectivity index (χ3n) is 4.63. The van der Waals surface area contributed by atoms with Crippen molar-refractivity contribution in [1.29, 1.82) is 0 Å². The highest BCUT2D eigenvalue weighted by Crippen LogP contribution is 2.29. The van der Waals surface area contributed by atoms with Gasteiger partial charge >= 0.3 is 0 Å². The molecule has 3 heterocycles. The summed E-state index contributed by atoms with van der Waals surface area (Å²) in [5.74, 6) is 0.545. The molecule has 0 atom stereocenters. The number of carbonyl (C=O) groups is 1. The Morgan fingerprint density at radius 3 is 2.60 bits per heavy atom. The maximum Gasteiger partial charge on any atom is 0.269 e. The lowest BCUT2D eigenvalue weighted by Gasteiger charge is -2.09. The van der Waals surface area contributed by atoms with E-state index in [1.807, 2.05) is 73.0 Å². The highest BCUT2D eigenvalue weighted by molar-refractivity contribution is 5.92. The fourth-order valence-corrected chi connectivity index (χ4v) is 3.27. The topological polar surface area (TPSA) is 68.5 Å². The Labute approximate surface area is 181 Å². The monoisotopic (exact) mass is 422 g/mol. The van der Waals surface area contributed by atoms with E-state index in [2.05, 4.69) is 10.3 Å². The summed E-state index contributed by atoms with van der Waals surface area (Å²) >= 11 is 0. The van der Waals surface area contributed by atoms with Gasteiger partial charge in [0.25, 0.3) is 5.91 Å². The number of amides is 1. The number of nitrogens with one attached hydrogen (secondary N) is 1. The minimum Gasteiger partial charge on any atom is -0.485 e. The average Bonchev–Trinajstić information content (AvgIpc) is 3.09. The van der Waals surface area contributed by atoms with Crippen LogP contribution in [-0.4, -0.2) is 26.8 Å². The van der Waals surface area contributed by atoms with Crippen molar-refractivity contribution in [1.82, 2.24) is 19.7 Å². The van der Waals surface area contributed by atoms with Gasteiger partial charge in [-0.05, 0) is 43.7 Å². The number of pyridine rings is 2. The second-order valence-corrected chi connectivity index (χ2v) is 6.68. The molecule has 7 heteroatoms. The smallest absolute Gasteiger partial charge is 0.269 e. The van der Waals surface area contributed by atoms with Gasteiger partial charge in [0.2, 0.25) is 0 Å². The van der Waals surface area contributed by atoms with Crippen LogP contribution in [0.4, 0.5) is 0 Å². The first-order valence-corrected chi connectivity index (χ1v) is 9.56. The van der Waals surface area contributed by atoms with Crippen molar-refractivity contribution in [3.05, 3.63) is 83.9 Å². The third-order valence-corrected chi connectivity index (χ3v) is 4.63. The summed E-state index contributed by atoms with van der Waals surface area (Å²) in [5, 5.41) is 2.76. The van der Waals surface area contributed by atoms with E-state index >= 15 is 0 Å². The zero-order valence-corrected chi connectivity index (χ0v) is 17.6. The fraction of sp³-hybridized carbons (Fsp3) is 0.174. The summed E-state index contributed by atoms with van der Waals surface area (Å²) in [6.45, 7) is 4.89. The van der Waals surface area contributed by atoms with Crippen LogP contribution in [0.15, 0.2) is 67.0 Å². The zero-order chi connectivity index (χ0) is 20.2. The number of hydrogen-bond acceptors (Lipinski definition) is 4. The number of hydrogen-bond donors (Lipinski definition) is 1. The van der Waals surface area contributed by atoms with Crippen LogP contribution in [0.1, 0.15) is 28.7 Å². The molecule has 0 saturated carbocycles. The average molecular weight is 423 g/mol. The van der Waals surface area contributed by atoms with E-state index in [4.69, 9.17) is 9.72 Å². The molecule has 1 amide bonds. The van der Waals surface area contributed by atoms with Gasteiger partial charge in [-0.2, -0.15) is 0 Å². The van der Waals surface area contributed by atoms with Gasteiger partial charge in [0.1, 0.15) is 12.3 Å². The van der Waals surface area contributed by atoms with Crippen LogP contribution in [0.2, 0.25) is 0 Å². The van der Waals surface area contributed by atoms with Crippen LogP contribution < -0.4 is 10.1 Å². The Balaban J connectivity index is 0.00000256. The largest absolute Gasteiger partial charge is 0.485 e. The number of carbonyl (C=O) groups excluding carboxylic acids is 1. The fourth-order valence-electron chi connectivity index (χ4n) is 3.27. The molecule has 0 unspecified atom stereocenters. The number of benzene rings is 1. The standard InChI is InChI=1S/C23H22N4O2.ClH/c1-3-24-23(28)19-12-11-18(14-25-19)21-16(2)26-22-20(10-7-13-27(21)22)29-15-17-8-5-4-6-9-17;/h4-14H,3,15H2,1-2H3,(H,24,28);1H. The number of fused-ring (bicyclic) bond motifs is 1. The van der Waals surface area contributed by atoms with Gasteiger partial charge in [-0.1, -0.05) is 30.3 Å². The summed E-state index contributed by atoms with van der Waals surface area (Å²) in [6.07, 6.45) is 3.66. The second-order valence-electron chi connectivity index (χ2n) is 6.68. The number of ether oxygens (including phenoxy) is 1. The Bertz CT molecular complexity index is 1140. The van der Waals surface area contributed by atoms with Gasteiger partial charge in [-0.3, -0.25) is 14.2 Å². The minimum atomic E-state index is -0.175. The van der Waals surface area contributed by atoms with Crippen molar-refractivity contribution in [3.8, 4) is 17.0 Å². The molecular formula is C23H23ClN4O2. The molecule has 0 spiro atoms. The number of rotatable bonds is 6. The van der Waals surface area contributed by atoms with Crippen molar-refractivity contribution < 1.29 is 9.53 Å². The molecule has 0 radical (unpaired) electrons. The van der Waals surface area contributed by atoms with E-state index in [1.165, 1.54) is 0 Å². The van der Waals surface area contributed by atoms with Crippen LogP contribution in [0.3, 0.4) is 0 Å². The summed E-state index contributed by atoms with van der Waals surface area (Å²) in [4.78, 5) is 21.0. The summed E-state index contributed by atoms with van der Waals surface area (Å²) in [6, 6.07) is 17.5. The second kappa shape index (κ2) is 9.41. The van der Waals surface area contributed by atoms with E-state index < -0.39 is 0 Å². The predicted molar refractivity (Wildman–Crippen MR) is 119 cm³/mol. The first kappa shape index (κ1) is 21.3. The Kier molecular flexibility index (Phi) is 6.69. The first-order chi connectivity index (χ1) is 14.2. The first-order valence-electron chi connectivity index (χ1n) is 9.56. The molecule has 0 saturated heterocycles. The molecule has 0 aliphatic rings. The van der Waals surface area contributed by atoms with E-state index in [0.29, 0.717) is 18.8 Å². The molecule has 1 N–H and O–H groups in total. The molecule has 154 valence electrons. The summed E-state index contributed by atoms with van der Waals surface area (Å²) in [5.41, 5.74) is 4.94. The van der Waals surface area contributed by atoms with Crippen molar-refractivity contribution >= 4 is 24.0 Å². The lowest BCUT2D eigenvalue weighted by atomic mass is 10.1. The van der Waals surface area contributed by atoms with Gasteiger partial charge in [0, 0.05) is 24.5 Å². The minimum absolute atomic E-state index is 0. The summed E-state index contributed by atoms with van der Waals surface area (Å²) < 4.78 is 8.03. The van der Waals surface area contributed by atoms with Crippen molar-refractivity contribution in [2.45, 2.75) is 20.5 Å². The molecule has 0 aliphatic heterocycles. The molecule has 1 aromatic carbocycles. The van der Waals surface area contributed by atoms with Gasteiger partial charge < -0.3 is 10.1 Å². The lowest BCUT2D eigenvalue weighted by Crippen LogP contribution is -2.23. The van der Waals surface area contributed by atoms with Crippen molar-refractivity contribution in [2.75, 3.05) is 6.54 Å². The molecule has 6 nitrogen and oxygen atoms in total. The molecule has 3 aromatic heterocycles. The van der Waals surface area contributed by atoms with Crippen LogP contribution >= 0.6 is 12.4 Å². The van der Waals surface area contributed by atoms with Crippen LogP contribution in [0, 0.1) is 6.92 Å². The number of halogens is 1. The SMILES string of the molecule is CCNC(=O)c1ccc(-c2c(C)nc3c(OCc4ccccc4)cccn23)cn1.Cl. The van der Waals surface area contributed by atoms with E-state index in [-0.39, 0.29) is 18.3 Å². The van der Waals surface area contributed by atoms with E-state index in [1.54, 1.807) is 12.3 Å². The normalized spacial score (nSPS) is 10.5. The quantitative estimate of drug-likeness (QED) is 0.498. The Morgan fingerprint density at radius 1 is 1.10 bits per heavy atom. The molecule has 4 aromatic rings. The van der Waals surface area contributed by atoms with Crippen LogP contribution in [-0.2, 0) is 6.61 Å².